The van der Waals surface area contributed by atoms with Gasteiger partial charge in [-0.1, -0.05) is 18.2 Å². The van der Waals surface area contributed by atoms with E-state index >= 15 is 0 Å². The first-order valence-electron chi connectivity index (χ1n) is 6.96. The maximum absolute atomic E-state index is 10.8. The van der Waals surface area contributed by atoms with Crippen LogP contribution < -0.4 is 31.2 Å². The van der Waals surface area contributed by atoms with E-state index in [4.69, 9.17) is 30.9 Å². The van der Waals surface area contributed by atoms with Crippen molar-refractivity contribution in [2.45, 2.75) is 0 Å². The molecule has 2 aromatic carbocycles. The second-order valence-electron chi connectivity index (χ2n) is 4.89. The first-order valence-corrected chi connectivity index (χ1v) is 6.96. The molecule has 0 spiro atoms. The van der Waals surface area contributed by atoms with Crippen LogP contribution in [-0.2, 0) is 4.79 Å². The van der Waals surface area contributed by atoms with Gasteiger partial charge in [0.25, 0.3) is 0 Å². The first kappa shape index (κ1) is 15.5. The smallest absolute Gasteiger partial charge is 0.357 e. The fourth-order valence-corrected chi connectivity index (χ4v) is 2.17. The van der Waals surface area contributed by atoms with E-state index in [1.54, 1.807) is 12.1 Å². The van der Waals surface area contributed by atoms with Gasteiger partial charge in [-0.05, 0) is 35.4 Å². The van der Waals surface area contributed by atoms with Crippen molar-refractivity contribution < 1.29 is 24.1 Å². The number of nitrogens with two attached hydrogens (primary N) is 2. The minimum atomic E-state index is -1.33. The standard InChI is InChI=1S/C16H15N3O5/c17-14(16(20)21)15(19-18)24-11-4-1-9(2-5-11)10-3-6-12-13(7-10)23-8-22-12/h1-7,19H,8,17-18H2,(H,20,21)/b15-14+. The Bertz CT molecular complexity index is 802. The molecule has 0 radical (unpaired) electrons. The molecule has 6 N–H and O–H groups in total. The van der Waals surface area contributed by atoms with E-state index in [2.05, 4.69) is 5.43 Å². The molecule has 2 aromatic rings. The van der Waals surface area contributed by atoms with E-state index in [9.17, 15) is 4.79 Å². The van der Waals surface area contributed by atoms with Crippen molar-refractivity contribution in [1.29, 1.82) is 0 Å². The van der Waals surface area contributed by atoms with Crippen LogP contribution in [-0.4, -0.2) is 17.9 Å². The number of fused-ring (bicyclic) bond motifs is 1. The van der Waals surface area contributed by atoms with E-state index in [1.807, 2.05) is 30.3 Å². The average molecular weight is 329 g/mol. The lowest BCUT2D eigenvalue weighted by atomic mass is 10.1. The van der Waals surface area contributed by atoms with Crippen LogP contribution in [0.4, 0.5) is 0 Å². The van der Waals surface area contributed by atoms with E-state index in [0.717, 1.165) is 11.1 Å². The number of carbonyl (C=O) groups is 1. The third-order valence-corrected chi connectivity index (χ3v) is 3.39. The zero-order valence-corrected chi connectivity index (χ0v) is 12.5. The number of hydrazine groups is 1. The summed E-state index contributed by atoms with van der Waals surface area (Å²) in [6.07, 6.45) is 0. The molecule has 0 unspecified atom stereocenters. The highest BCUT2D eigenvalue weighted by atomic mass is 16.7. The molecule has 1 heterocycles. The fourth-order valence-electron chi connectivity index (χ4n) is 2.17. The summed E-state index contributed by atoms with van der Waals surface area (Å²) in [5.74, 6) is 5.45. The third-order valence-electron chi connectivity index (χ3n) is 3.39. The monoisotopic (exact) mass is 329 g/mol. The Hall–Kier alpha value is -3.39. The van der Waals surface area contributed by atoms with Crippen molar-refractivity contribution in [2.24, 2.45) is 11.6 Å². The Morgan fingerprint density at radius 1 is 1.08 bits per heavy atom. The van der Waals surface area contributed by atoms with Gasteiger partial charge in [-0.3, -0.25) is 5.43 Å². The molecule has 0 amide bonds. The lowest BCUT2D eigenvalue weighted by molar-refractivity contribution is -0.132. The molecule has 0 bridgehead atoms. The van der Waals surface area contributed by atoms with Gasteiger partial charge in [0, 0.05) is 0 Å². The highest BCUT2D eigenvalue weighted by molar-refractivity contribution is 5.85. The zero-order chi connectivity index (χ0) is 17.1. The Morgan fingerprint density at radius 3 is 2.42 bits per heavy atom. The second-order valence-corrected chi connectivity index (χ2v) is 4.89. The van der Waals surface area contributed by atoms with Crippen molar-refractivity contribution in [3.8, 4) is 28.4 Å². The first-order chi connectivity index (χ1) is 11.6. The zero-order valence-electron chi connectivity index (χ0n) is 12.5. The molecule has 124 valence electrons. The Morgan fingerprint density at radius 2 is 1.75 bits per heavy atom. The number of carboxylic acids is 1. The number of hydrogen-bond donors (Lipinski definition) is 4. The van der Waals surface area contributed by atoms with Gasteiger partial charge < -0.3 is 25.1 Å². The minimum Gasteiger partial charge on any atom is -0.476 e. The largest absolute Gasteiger partial charge is 0.476 e. The number of nitrogens with one attached hydrogen (secondary N) is 1. The van der Waals surface area contributed by atoms with Gasteiger partial charge in [0.15, 0.2) is 17.2 Å². The molecule has 1 aliphatic rings. The van der Waals surface area contributed by atoms with Crippen LogP contribution in [0.5, 0.6) is 17.2 Å². The second kappa shape index (κ2) is 6.39. The molecule has 1 aliphatic heterocycles. The molecule has 0 saturated heterocycles. The molecule has 0 atom stereocenters. The number of hydrogen-bond acceptors (Lipinski definition) is 7. The van der Waals surface area contributed by atoms with Gasteiger partial charge in [-0.2, -0.15) is 0 Å². The summed E-state index contributed by atoms with van der Waals surface area (Å²) in [6, 6.07) is 12.6. The lowest BCUT2D eigenvalue weighted by Crippen LogP contribution is -2.31. The Labute approximate surface area is 137 Å². The summed E-state index contributed by atoms with van der Waals surface area (Å²) in [5.41, 5.74) is 8.87. The van der Waals surface area contributed by atoms with Crippen LogP contribution in [0.25, 0.3) is 11.1 Å². The number of aliphatic carboxylic acids is 1. The molecule has 8 nitrogen and oxygen atoms in total. The minimum absolute atomic E-state index is 0.220. The van der Waals surface area contributed by atoms with Crippen LogP contribution in [0.3, 0.4) is 0 Å². The molecule has 0 fully saturated rings. The van der Waals surface area contributed by atoms with Gasteiger partial charge in [0.2, 0.25) is 12.7 Å². The van der Waals surface area contributed by atoms with Gasteiger partial charge in [0.05, 0.1) is 0 Å². The Kier molecular flexibility index (Phi) is 4.13. The summed E-state index contributed by atoms with van der Waals surface area (Å²) in [5, 5.41) is 8.85. The van der Waals surface area contributed by atoms with Crippen molar-refractivity contribution in [3.63, 3.8) is 0 Å². The normalized spacial score (nSPS) is 13.2. The molecule has 0 aromatic heterocycles. The average Bonchev–Trinajstić information content (AvgIpc) is 3.07. The van der Waals surface area contributed by atoms with Crippen molar-refractivity contribution in [1.82, 2.24) is 5.43 Å². The summed E-state index contributed by atoms with van der Waals surface area (Å²) >= 11 is 0. The van der Waals surface area contributed by atoms with Crippen LogP contribution in [0.2, 0.25) is 0 Å². The fraction of sp³-hybridized carbons (Fsp3) is 0.0625. The maximum atomic E-state index is 10.8. The summed E-state index contributed by atoms with van der Waals surface area (Å²) in [6.45, 7) is 0.220. The number of carboxylic acid groups (broad SMARTS) is 1. The van der Waals surface area contributed by atoms with Gasteiger partial charge in [-0.25, -0.2) is 10.6 Å². The van der Waals surface area contributed by atoms with E-state index < -0.39 is 11.7 Å². The summed E-state index contributed by atoms with van der Waals surface area (Å²) < 4.78 is 16.0. The number of rotatable bonds is 5. The van der Waals surface area contributed by atoms with Gasteiger partial charge >= 0.3 is 5.97 Å². The van der Waals surface area contributed by atoms with Gasteiger partial charge in [0.1, 0.15) is 5.75 Å². The van der Waals surface area contributed by atoms with Gasteiger partial charge in [-0.15, -0.1) is 0 Å². The van der Waals surface area contributed by atoms with Crippen LogP contribution in [0.1, 0.15) is 0 Å². The topological polar surface area (TPSA) is 129 Å². The summed E-state index contributed by atoms with van der Waals surface area (Å²) in [4.78, 5) is 10.8. The van der Waals surface area contributed by atoms with Crippen molar-refractivity contribution in [2.75, 3.05) is 6.79 Å². The maximum Gasteiger partial charge on any atom is 0.357 e. The molecular weight excluding hydrogens is 314 g/mol. The quantitative estimate of drug-likeness (QED) is 0.278. The van der Waals surface area contributed by atoms with Crippen LogP contribution in [0, 0.1) is 0 Å². The van der Waals surface area contributed by atoms with Crippen molar-refractivity contribution >= 4 is 5.97 Å². The van der Waals surface area contributed by atoms with Crippen LogP contribution >= 0.6 is 0 Å². The summed E-state index contributed by atoms with van der Waals surface area (Å²) in [7, 11) is 0. The Balaban J connectivity index is 1.81. The predicted octanol–water partition coefficient (Wildman–Crippen LogP) is 1.14. The lowest BCUT2D eigenvalue weighted by Gasteiger charge is -2.11. The highest BCUT2D eigenvalue weighted by Gasteiger charge is 2.14. The molecular formula is C16H15N3O5. The molecule has 3 rings (SSSR count). The molecule has 24 heavy (non-hydrogen) atoms. The number of ether oxygens (including phenoxy) is 3. The van der Waals surface area contributed by atoms with E-state index in [-0.39, 0.29) is 12.7 Å². The molecule has 0 saturated carbocycles. The highest BCUT2D eigenvalue weighted by Crippen LogP contribution is 2.36. The molecule has 0 aliphatic carbocycles. The van der Waals surface area contributed by atoms with Crippen molar-refractivity contribution in [3.05, 3.63) is 54.0 Å². The predicted molar refractivity (Wildman–Crippen MR) is 84.8 cm³/mol. The third kappa shape index (κ3) is 3.03. The van der Waals surface area contributed by atoms with Crippen LogP contribution in [0.15, 0.2) is 54.0 Å². The molecule has 8 heteroatoms. The SMILES string of the molecule is NN/C(Oc1ccc(-c2ccc3c(c2)OCO3)cc1)=C(\N)C(=O)O. The number of benzene rings is 2. The van der Waals surface area contributed by atoms with E-state index in [0.29, 0.717) is 17.2 Å². The van der Waals surface area contributed by atoms with E-state index in [1.165, 1.54) is 0 Å².